The second-order valence-electron chi connectivity index (χ2n) is 10.8. The fraction of sp³-hybridized carbons (Fsp3) is 0.387. The van der Waals surface area contributed by atoms with E-state index in [2.05, 4.69) is 0 Å². The Morgan fingerprint density at radius 3 is 2.18 bits per heavy atom. The average Bonchev–Trinajstić information content (AvgIpc) is 3.23. The zero-order valence-corrected chi connectivity index (χ0v) is 24.5. The van der Waals surface area contributed by atoms with Crippen LogP contribution in [0.5, 0.6) is 5.75 Å². The van der Waals surface area contributed by atoms with Crippen LogP contribution < -0.4 is 9.64 Å². The van der Waals surface area contributed by atoms with Gasteiger partial charge in [-0.25, -0.2) is 9.78 Å². The van der Waals surface area contributed by atoms with Crippen molar-refractivity contribution in [2.24, 2.45) is 0 Å². The molecule has 2 fully saturated rings. The normalized spacial score (nSPS) is 18.5. The van der Waals surface area contributed by atoms with Crippen LogP contribution in [0.2, 0.25) is 0 Å². The summed E-state index contributed by atoms with van der Waals surface area (Å²) in [6, 6.07) is 8.92. The highest BCUT2D eigenvalue weighted by Gasteiger charge is 2.43. The summed E-state index contributed by atoms with van der Waals surface area (Å²) in [7, 11) is 2.74. The molecule has 5 rings (SSSR count). The van der Waals surface area contributed by atoms with Gasteiger partial charge in [0.1, 0.15) is 17.7 Å². The van der Waals surface area contributed by atoms with E-state index in [4.69, 9.17) is 19.2 Å². The van der Waals surface area contributed by atoms with Crippen LogP contribution in [0.25, 0.3) is 11.1 Å². The molecule has 0 bridgehead atoms. The summed E-state index contributed by atoms with van der Waals surface area (Å²) in [5.41, 5.74) is -1.32. The zero-order valence-electron chi connectivity index (χ0n) is 24.5. The minimum absolute atomic E-state index is 0.0177. The van der Waals surface area contributed by atoms with Crippen molar-refractivity contribution in [3.8, 4) is 16.9 Å². The van der Waals surface area contributed by atoms with E-state index in [-0.39, 0.29) is 19.0 Å². The molecule has 14 heteroatoms. The number of aromatic nitrogens is 1. The quantitative estimate of drug-likeness (QED) is 0.199. The Morgan fingerprint density at radius 1 is 0.956 bits per heavy atom. The summed E-state index contributed by atoms with van der Waals surface area (Å²) in [5.74, 6) is 0.622. The zero-order chi connectivity index (χ0) is 32.7. The maximum Gasteiger partial charge on any atom is 0.416 e. The molecule has 8 nitrogen and oxygen atoms in total. The molecule has 1 aromatic heterocycles. The van der Waals surface area contributed by atoms with Gasteiger partial charge in [-0.05, 0) is 66.9 Å². The van der Waals surface area contributed by atoms with Gasteiger partial charge >= 0.3 is 24.4 Å². The van der Waals surface area contributed by atoms with Crippen molar-refractivity contribution in [3.05, 3.63) is 76.5 Å². The molecular formula is C31H29F6N3O5. The van der Waals surface area contributed by atoms with Crippen molar-refractivity contribution < 1.29 is 50.1 Å². The van der Waals surface area contributed by atoms with Crippen molar-refractivity contribution in [1.82, 2.24) is 9.88 Å². The number of amides is 1. The summed E-state index contributed by atoms with van der Waals surface area (Å²) in [4.78, 5) is 33.2. The lowest BCUT2D eigenvalue weighted by Crippen LogP contribution is -2.38. The maximum absolute atomic E-state index is 13.6. The Hall–Kier alpha value is -4.49. The number of ether oxygens (including phenoxy) is 3. The molecule has 2 saturated heterocycles. The fourth-order valence-electron chi connectivity index (χ4n) is 5.36. The summed E-state index contributed by atoms with van der Waals surface area (Å²) < 4.78 is 97.0. The van der Waals surface area contributed by atoms with E-state index < -0.39 is 53.3 Å². The number of pyridine rings is 1. The van der Waals surface area contributed by atoms with E-state index in [0.29, 0.717) is 46.1 Å². The smallest absolute Gasteiger partial charge is 0.416 e. The van der Waals surface area contributed by atoms with Crippen LogP contribution in [0.1, 0.15) is 47.4 Å². The number of benzene rings is 2. The van der Waals surface area contributed by atoms with E-state index >= 15 is 0 Å². The topological polar surface area (TPSA) is 81.2 Å². The first-order valence-corrected chi connectivity index (χ1v) is 13.9. The number of methoxy groups -OCH3 is 2. The molecule has 0 saturated carbocycles. The molecule has 2 aliphatic rings. The van der Waals surface area contributed by atoms with Crippen LogP contribution in [0.4, 0.5) is 37.0 Å². The van der Waals surface area contributed by atoms with Gasteiger partial charge < -0.3 is 19.1 Å². The molecule has 0 N–H and O–H groups in total. The SMILES string of the molecule is COC(=O)Cc1ccc(OC)c(-c2ccc(N3CCC3)nc2CN2C(=O)O[C@H](c3cc(C(F)(F)F)cc(C(F)(F)F)c3)C2C)c1. The Labute approximate surface area is 254 Å². The molecule has 2 atom stereocenters. The van der Waals surface area contributed by atoms with Gasteiger partial charge in [0.2, 0.25) is 0 Å². The first-order valence-electron chi connectivity index (χ1n) is 13.9. The lowest BCUT2D eigenvalue weighted by molar-refractivity contribution is -0.143. The minimum atomic E-state index is -5.06. The maximum atomic E-state index is 13.6. The van der Waals surface area contributed by atoms with Gasteiger partial charge in [-0.3, -0.25) is 9.69 Å². The highest BCUT2D eigenvalue weighted by atomic mass is 19.4. The van der Waals surface area contributed by atoms with E-state index in [9.17, 15) is 35.9 Å². The molecule has 2 aromatic carbocycles. The van der Waals surface area contributed by atoms with Gasteiger partial charge in [0.25, 0.3) is 0 Å². The Bertz CT molecular complexity index is 1570. The summed E-state index contributed by atoms with van der Waals surface area (Å²) in [5, 5.41) is 0. The van der Waals surface area contributed by atoms with Crippen molar-refractivity contribution in [1.29, 1.82) is 0 Å². The van der Waals surface area contributed by atoms with Crippen LogP contribution in [0, 0.1) is 0 Å². The number of hydrogen-bond acceptors (Lipinski definition) is 7. The summed E-state index contributed by atoms with van der Waals surface area (Å²) in [6.07, 6.45) is -11.5. The van der Waals surface area contributed by atoms with E-state index in [1.165, 1.54) is 26.0 Å². The van der Waals surface area contributed by atoms with Gasteiger partial charge in [0.05, 0.1) is 50.0 Å². The van der Waals surface area contributed by atoms with Crippen LogP contribution in [-0.2, 0) is 39.6 Å². The van der Waals surface area contributed by atoms with Gasteiger partial charge in [-0.2, -0.15) is 26.3 Å². The second kappa shape index (κ2) is 12.1. The average molecular weight is 638 g/mol. The number of halogens is 6. The highest BCUT2D eigenvalue weighted by molar-refractivity contribution is 5.78. The van der Waals surface area contributed by atoms with Crippen molar-refractivity contribution in [2.75, 3.05) is 32.2 Å². The largest absolute Gasteiger partial charge is 0.496 e. The standard InChI is InChI=1S/C31H29F6N3O5/c1-17-28(19-13-20(30(32,33)34)15-21(14-19)31(35,36)37)45-29(42)40(17)16-24-22(6-8-26(38-24)39-9-4-10-39)23-11-18(12-27(41)44-3)5-7-25(23)43-2/h5-8,11,13-15,17,28H,4,9-10,12,16H2,1-3H3/t17?,28-/m0/s1. The highest BCUT2D eigenvalue weighted by Crippen LogP contribution is 2.42. The molecule has 45 heavy (non-hydrogen) atoms. The van der Waals surface area contributed by atoms with Crippen LogP contribution >= 0.6 is 0 Å². The van der Waals surface area contributed by atoms with Crippen molar-refractivity contribution in [2.45, 2.75) is 50.8 Å². The van der Waals surface area contributed by atoms with Gasteiger partial charge in [-0.15, -0.1) is 0 Å². The molecule has 3 aromatic rings. The first-order chi connectivity index (χ1) is 21.2. The third kappa shape index (κ3) is 6.64. The summed E-state index contributed by atoms with van der Waals surface area (Å²) in [6.45, 7) is 2.85. The van der Waals surface area contributed by atoms with Crippen LogP contribution in [0.15, 0.2) is 48.5 Å². The predicted octanol–water partition coefficient (Wildman–Crippen LogP) is 6.80. The van der Waals surface area contributed by atoms with Gasteiger partial charge in [0.15, 0.2) is 0 Å². The Kier molecular flexibility index (Phi) is 8.60. The molecule has 1 unspecified atom stereocenters. The van der Waals surface area contributed by atoms with E-state index in [0.717, 1.165) is 19.5 Å². The third-order valence-electron chi connectivity index (χ3n) is 7.92. The Balaban J connectivity index is 1.54. The van der Waals surface area contributed by atoms with Crippen molar-refractivity contribution >= 4 is 17.9 Å². The van der Waals surface area contributed by atoms with Crippen LogP contribution in [0.3, 0.4) is 0 Å². The first kappa shape index (κ1) is 31.9. The minimum Gasteiger partial charge on any atom is -0.496 e. The molecule has 2 aliphatic heterocycles. The number of rotatable bonds is 8. The summed E-state index contributed by atoms with van der Waals surface area (Å²) >= 11 is 0. The third-order valence-corrected chi connectivity index (χ3v) is 7.92. The molecule has 0 spiro atoms. The second-order valence-corrected chi connectivity index (χ2v) is 10.8. The molecule has 3 heterocycles. The molecule has 1 amide bonds. The number of nitrogens with zero attached hydrogens (tertiary/aromatic N) is 3. The predicted molar refractivity (Wildman–Crippen MR) is 149 cm³/mol. The van der Waals surface area contributed by atoms with E-state index in [1.54, 1.807) is 30.3 Å². The number of hydrogen-bond donors (Lipinski definition) is 0. The number of anilines is 1. The fourth-order valence-corrected chi connectivity index (χ4v) is 5.36. The molecule has 240 valence electrons. The number of carbonyl (C=O) groups excluding carboxylic acids is 2. The van der Waals surface area contributed by atoms with Crippen molar-refractivity contribution in [3.63, 3.8) is 0 Å². The van der Waals surface area contributed by atoms with Gasteiger partial charge in [-0.1, -0.05) is 6.07 Å². The number of carbonyl (C=O) groups is 2. The number of alkyl halides is 6. The monoisotopic (exact) mass is 637 g/mol. The Morgan fingerprint density at radius 2 is 1.62 bits per heavy atom. The van der Waals surface area contributed by atoms with E-state index in [1.807, 2.05) is 4.90 Å². The lowest BCUT2D eigenvalue weighted by atomic mass is 9.96. The van der Waals surface area contributed by atoms with Crippen LogP contribution in [-0.4, -0.2) is 55.3 Å². The molecule has 0 radical (unpaired) electrons. The van der Waals surface area contributed by atoms with Gasteiger partial charge in [0, 0.05) is 24.2 Å². The molecule has 0 aliphatic carbocycles. The number of cyclic esters (lactones) is 1. The number of esters is 1. The lowest BCUT2D eigenvalue weighted by Gasteiger charge is -2.33. The molecular weight excluding hydrogens is 608 g/mol.